The molecule has 1 rings (SSSR count). The van der Waals surface area contributed by atoms with Crippen molar-refractivity contribution in [3.63, 3.8) is 0 Å². The molecule has 0 saturated carbocycles. The highest BCUT2D eigenvalue weighted by Crippen LogP contribution is 2.17. The molecule has 1 fully saturated rings. The number of nitrogens with zero attached hydrogens (tertiary/aromatic N) is 1. The second-order valence-electron chi connectivity index (χ2n) is 4.70. The van der Waals surface area contributed by atoms with Crippen molar-refractivity contribution in [2.24, 2.45) is 11.7 Å². The number of rotatable bonds is 4. The highest BCUT2D eigenvalue weighted by Gasteiger charge is 2.29. The number of nitrogens with one attached hydrogen (secondary N) is 1. The molecular weight excluding hydrogens is 218 g/mol. The molecule has 0 aromatic heterocycles. The first-order valence-electron chi connectivity index (χ1n) is 6.38. The van der Waals surface area contributed by atoms with Crippen LogP contribution in [0.5, 0.6) is 0 Å². The number of nitrogens with two attached hydrogens (primary N) is 1. The Bertz CT molecular complexity index is 279. The third kappa shape index (κ3) is 4.00. The number of amides is 2. The topological polar surface area (TPSA) is 75.4 Å². The van der Waals surface area contributed by atoms with Crippen LogP contribution in [0.4, 0.5) is 0 Å². The summed E-state index contributed by atoms with van der Waals surface area (Å²) in [5, 5.41) is 2.88. The molecule has 1 aliphatic heterocycles. The van der Waals surface area contributed by atoms with Gasteiger partial charge in [0.1, 0.15) is 0 Å². The first-order valence-corrected chi connectivity index (χ1v) is 6.38. The summed E-state index contributed by atoms with van der Waals surface area (Å²) in [6.07, 6.45) is 2.67. The molecule has 1 unspecified atom stereocenters. The largest absolute Gasteiger partial charge is 0.356 e. The molecule has 3 N–H and O–H groups in total. The number of carbonyl (C=O) groups excluding carboxylic acids is 2. The van der Waals surface area contributed by atoms with Crippen LogP contribution in [-0.4, -0.2) is 42.4 Å². The predicted octanol–water partition coefficient (Wildman–Crippen LogP) is 0.0984. The van der Waals surface area contributed by atoms with Crippen LogP contribution in [-0.2, 0) is 9.59 Å². The fraction of sp³-hybridized carbons (Fsp3) is 0.833. The van der Waals surface area contributed by atoms with Crippen molar-refractivity contribution in [2.75, 3.05) is 19.6 Å². The molecule has 5 nitrogen and oxygen atoms in total. The molecule has 17 heavy (non-hydrogen) atoms. The molecule has 0 aliphatic carbocycles. The van der Waals surface area contributed by atoms with Gasteiger partial charge in [-0.1, -0.05) is 6.92 Å². The van der Waals surface area contributed by atoms with Crippen molar-refractivity contribution in [3.05, 3.63) is 0 Å². The Morgan fingerprint density at radius 2 is 2.24 bits per heavy atom. The van der Waals surface area contributed by atoms with E-state index < -0.39 is 6.04 Å². The summed E-state index contributed by atoms with van der Waals surface area (Å²) in [6.45, 7) is 5.64. The van der Waals surface area contributed by atoms with E-state index >= 15 is 0 Å². The van der Waals surface area contributed by atoms with Crippen molar-refractivity contribution in [2.45, 2.75) is 39.2 Å². The maximum Gasteiger partial charge on any atom is 0.239 e. The van der Waals surface area contributed by atoms with Gasteiger partial charge in [-0.3, -0.25) is 9.59 Å². The van der Waals surface area contributed by atoms with Crippen molar-refractivity contribution in [3.8, 4) is 0 Å². The van der Waals surface area contributed by atoms with Crippen molar-refractivity contribution >= 4 is 11.8 Å². The summed E-state index contributed by atoms with van der Waals surface area (Å²) in [7, 11) is 0. The highest BCUT2D eigenvalue weighted by atomic mass is 16.2. The third-order valence-corrected chi connectivity index (χ3v) is 3.04. The molecule has 0 bridgehead atoms. The van der Waals surface area contributed by atoms with Gasteiger partial charge in [0.2, 0.25) is 11.8 Å². The third-order valence-electron chi connectivity index (χ3n) is 3.04. The number of likely N-dealkylation sites (tertiary alicyclic amines) is 1. The summed E-state index contributed by atoms with van der Waals surface area (Å²) in [5.41, 5.74) is 5.58. The molecular formula is C12H23N3O2. The van der Waals surface area contributed by atoms with Gasteiger partial charge in [0.25, 0.3) is 0 Å². The first kappa shape index (κ1) is 14.0. The van der Waals surface area contributed by atoms with Crippen molar-refractivity contribution in [1.29, 1.82) is 0 Å². The maximum atomic E-state index is 11.8. The zero-order valence-electron chi connectivity index (χ0n) is 10.7. The number of hydrogen-bond donors (Lipinski definition) is 2. The molecule has 0 aromatic rings. The molecule has 1 heterocycles. The lowest BCUT2D eigenvalue weighted by molar-refractivity contribution is -0.136. The monoisotopic (exact) mass is 241 g/mol. The van der Waals surface area contributed by atoms with Gasteiger partial charge in [-0.2, -0.15) is 0 Å². The standard InChI is InChI=1S/C12H23N3O2/c1-3-6-14-11(16)10-5-4-7-15(8-10)12(17)9(2)13/h9-10H,3-8,13H2,1-2H3,(H,14,16)/t9-,10?/m1/s1. The molecule has 2 amide bonds. The van der Waals surface area contributed by atoms with E-state index in [0.717, 1.165) is 25.8 Å². The van der Waals surface area contributed by atoms with E-state index in [4.69, 9.17) is 5.73 Å². The molecule has 1 aliphatic rings. The summed E-state index contributed by atoms with van der Waals surface area (Å²) in [5.74, 6) is -0.0648. The van der Waals surface area contributed by atoms with E-state index in [1.807, 2.05) is 6.92 Å². The van der Waals surface area contributed by atoms with Crippen LogP contribution < -0.4 is 11.1 Å². The average molecular weight is 241 g/mol. The second-order valence-corrected chi connectivity index (χ2v) is 4.70. The zero-order valence-corrected chi connectivity index (χ0v) is 10.7. The zero-order chi connectivity index (χ0) is 12.8. The van der Waals surface area contributed by atoms with Crippen LogP contribution >= 0.6 is 0 Å². The fourth-order valence-corrected chi connectivity index (χ4v) is 2.07. The fourth-order valence-electron chi connectivity index (χ4n) is 2.07. The second kappa shape index (κ2) is 6.59. The van der Waals surface area contributed by atoms with Crippen LogP contribution in [0.15, 0.2) is 0 Å². The Hall–Kier alpha value is -1.10. The minimum Gasteiger partial charge on any atom is -0.356 e. The lowest BCUT2D eigenvalue weighted by Gasteiger charge is -2.33. The van der Waals surface area contributed by atoms with Gasteiger partial charge in [-0.15, -0.1) is 0 Å². The van der Waals surface area contributed by atoms with Crippen LogP contribution in [0.1, 0.15) is 33.1 Å². The van der Waals surface area contributed by atoms with Crippen LogP contribution in [0, 0.1) is 5.92 Å². The Morgan fingerprint density at radius 3 is 2.82 bits per heavy atom. The van der Waals surface area contributed by atoms with Crippen molar-refractivity contribution < 1.29 is 9.59 Å². The summed E-state index contributed by atoms with van der Waals surface area (Å²) in [4.78, 5) is 25.3. The quantitative estimate of drug-likeness (QED) is 0.733. The number of carbonyl (C=O) groups is 2. The van der Waals surface area contributed by atoms with Gasteiger partial charge in [-0.05, 0) is 26.2 Å². The van der Waals surface area contributed by atoms with Gasteiger partial charge < -0.3 is 16.0 Å². The van der Waals surface area contributed by atoms with Gasteiger partial charge in [-0.25, -0.2) is 0 Å². The van der Waals surface area contributed by atoms with E-state index in [2.05, 4.69) is 5.32 Å². The Balaban J connectivity index is 2.48. The van der Waals surface area contributed by atoms with E-state index in [1.54, 1.807) is 11.8 Å². The van der Waals surface area contributed by atoms with E-state index in [0.29, 0.717) is 13.1 Å². The molecule has 1 saturated heterocycles. The Kier molecular flexibility index (Phi) is 5.41. The van der Waals surface area contributed by atoms with E-state index in [1.165, 1.54) is 0 Å². The smallest absolute Gasteiger partial charge is 0.239 e. The summed E-state index contributed by atoms with van der Waals surface area (Å²) in [6, 6.07) is -0.479. The maximum absolute atomic E-state index is 11.8. The highest BCUT2D eigenvalue weighted by molar-refractivity contribution is 5.83. The molecule has 0 aromatic carbocycles. The van der Waals surface area contributed by atoms with E-state index in [9.17, 15) is 9.59 Å². The Labute approximate surface area is 103 Å². The Morgan fingerprint density at radius 1 is 1.53 bits per heavy atom. The molecule has 2 atom stereocenters. The molecule has 0 radical (unpaired) electrons. The van der Waals surface area contributed by atoms with Gasteiger partial charge in [0, 0.05) is 19.6 Å². The lowest BCUT2D eigenvalue weighted by Crippen LogP contribution is -2.49. The number of hydrogen-bond acceptors (Lipinski definition) is 3. The first-order chi connectivity index (χ1) is 8.06. The molecule has 0 spiro atoms. The van der Waals surface area contributed by atoms with Gasteiger partial charge in [0.05, 0.1) is 12.0 Å². The lowest BCUT2D eigenvalue weighted by atomic mass is 9.96. The van der Waals surface area contributed by atoms with Gasteiger partial charge >= 0.3 is 0 Å². The van der Waals surface area contributed by atoms with Crippen molar-refractivity contribution in [1.82, 2.24) is 10.2 Å². The minimum absolute atomic E-state index is 0.0574. The minimum atomic E-state index is -0.479. The molecule has 98 valence electrons. The van der Waals surface area contributed by atoms with Crippen LogP contribution in [0.2, 0.25) is 0 Å². The SMILES string of the molecule is CCCNC(=O)C1CCCN(C(=O)[C@@H](C)N)C1. The van der Waals surface area contributed by atoms with E-state index in [-0.39, 0.29) is 17.7 Å². The van der Waals surface area contributed by atoms with Crippen LogP contribution in [0.3, 0.4) is 0 Å². The van der Waals surface area contributed by atoms with Crippen LogP contribution in [0.25, 0.3) is 0 Å². The average Bonchev–Trinajstić information content (AvgIpc) is 2.35. The predicted molar refractivity (Wildman–Crippen MR) is 66.3 cm³/mol. The van der Waals surface area contributed by atoms with Gasteiger partial charge in [0.15, 0.2) is 0 Å². The number of piperidine rings is 1. The normalized spacial score (nSPS) is 22.1. The summed E-state index contributed by atoms with van der Waals surface area (Å²) < 4.78 is 0. The summed E-state index contributed by atoms with van der Waals surface area (Å²) >= 11 is 0. The molecule has 5 heteroatoms.